The molecular formula is C38H32F12O2. The summed E-state index contributed by atoms with van der Waals surface area (Å²) in [7, 11) is 0. The topological polar surface area (TPSA) is 18.5 Å². The van der Waals surface area contributed by atoms with Gasteiger partial charge in [0.05, 0.1) is 0 Å². The molecule has 0 spiro atoms. The molecule has 14 heteroatoms. The van der Waals surface area contributed by atoms with Gasteiger partial charge < -0.3 is 9.47 Å². The van der Waals surface area contributed by atoms with Crippen LogP contribution in [0, 0.1) is 40.8 Å². The maximum absolute atomic E-state index is 15.3. The van der Waals surface area contributed by atoms with Crippen molar-refractivity contribution in [1.29, 1.82) is 0 Å². The molecule has 1 aliphatic carbocycles. The molecule has 5 rings (SSSR count). The van der Waals surface area contributed by atoms with Crippen LogP contribution < -0.4 is 9.47 Å². The van der Waals surface area contributed by atoms with Crippen LogP contribution in [0.3, 0.4) is 0 Å². The van der Waals surface area contributed by atoms with Crippen LogP contribution >= 0.6 is 0 Å². The summed E-state index contributed by atoms with van der Waals surface area (Å²) in [5.41, 5.74) is -2.03. The van der Waals surface area contributed by atoms with Gasteiger partial charge in [-0.3, -0.25) is 0 Å². The van der Waals surface area contributed by atoms with Crippen LogP contribution in [-0.2, 0) is 6.11 Å². The van der Waals surface area contributed by atoms with Crippen LogP contribution in [-0.4, -0.2) is 12.5 Å². The average molecular weight is 749 g/mol. The zero-order valence-electron chi connectivity index (χ0n) is 27.5. The highest BCUT2D eigenvalue weighted by Crippen LogP contribution is 2.42. The van der Waals surface area contributed by atoms with Gasteiger partial charge in [0.2, 0.25) is 0 Å². The predicted molar refractivity (Wildman–Crippen MR) is 168 cm³/mol. The van der Waals surface area contributed by atoms with Crippen molar-refractivity contribution in [2.45, 2.75) is 82.9 Å². The predicted octanol–water partition coefficient (Wildman–Crippen LogP) is 13.1. The Bertz CT molecular complexity index is 1840. The largest absolute Gasteiger partial charge is 0.461 e. The minimum atomic E-state index is -5.35. The molecule has 0 bridgehead atoms. The zero-order valence-corrected chi connectivity index (χ0v) is 27.5. The quantitative estimate of drug-likeness (QED) is 0.100. The van der Waals surface area contributed by atoms with Gasteiger partial charge in [-0.05, 0) is 78.5 Å². The van der Waals surface area contributed by atoms with Crippen molar-refractivity contribution in [3.63, 3.8) is 0 Å². The van der Waals surface area contributed by atoms with Crippen LogP contribution in [0.25, 0.3) is 22.3 Å². The minimum absolute atomic E-state index is 0.0714. The third-order valence-electron chi connectivity index (χ3n) is 9.16. The summed E-state index contributed by atoms with van der Waals surface area (Å²) in [6.45, 7) is 2.16. The Labute approximate surface area is 291 Å². The molecule has 0 radical (unpaired) electrons. The number of halogens is 12. The molecule has 4 aromatic carbocycles. The third-order valence-corrected chi connectivity index (χ3v) is 9.16. The Morgan fingerprint density at radius 3 is 1.75 bits per heavy atom. The number of benzene rings is 4. The number of unbranched alkanes of at least 4 members (excludes halogenated alkanes) is 2. The van der Waals surface area contributed by atoms with E-state index in [9.17, 15) is 43.9 Å². The second-order valence-electron chi connectivity index (χ2n) is 12.8. The van der Waals surface area contributed by atoms with Crippen LogP contribution in [0.15, 0.2) is 60.7 Å². The highest BCUT2D eigenvalue weighted by molar-refractivity contribution is 5.72. The summed E-state index contributed by atoms with van der Waals surface area (Å²) in [6, 6.07) is 8.38. The molecule has 1 saturated carbocycles. The first-order valence-electron chi connectivity index (χ1n) is 16.5. The summed E-state index contributed by atoms with van der Waals surface area (Å²) >= 11 is 0. The van der Waals surface area contributed by atoms with Gasteiger partial charge in [-0.1, -0.05) is 56.9 Å². The van der Waals surface area contributed by atoms with E-state index < -0.39 is 81.7 Å². The maximum atomic E-state index is 15.3. The normalized spacial score (nSPS) is 16.7. The van der Waals surface area contributed by atoms with Gasteiger partial charge in [0.1, 0.15) is 34.6 Å². The summed E-state index contributed by atoms with van der Waals surface area (Å²) in [5, 5.41) is 0. The van der Waals surface area contributed by atoms with Crippen molar-refractivity contribution < 1.29 is 62.2 Å². The summed E-state index contributed by atoms with van der Waals surface area (Å²) < 4.78 is 177. The fraction of sp³-hybridized carbons (Fsp3) is 0.368. The van der Waals surface area contributed by atoms with E-state index in [1.165, 1.54) is 37.5 Å². The lowest BCUT2D eigenvalue weighted by Gasteiger charge is -2.29. The second kappa shape index (κ2) is 15.7. The molecule has 4 aromatic rings. The van der Waals surface area contributed by atoms with Crippen LogP contribution in [0.2, 0.25) is 0 Å². The lowest BCUT2D eigenvalue weighted by Crippen LogP contribution is -2.34. The molecule has 1 fully saturated rings. The zero-order chi connectivity index (χ0) is 38.0. The molecule has 0 saturated heterocycles. The Hall–Kier alpha value is -4.36. The molecule has 1 aliphatic rings. The second-order valence-corrected chi connectivity index (χ2v) is 12.8. The Kier molecular flexibility index (Phi) is 11.7. The van der Waals surface area contributed by atoms with E-state index in [1.807, 2.05) is 0 Å². The van der Waals surface area contributed by atoms with E-state index >= 15 is 8.78 Å². The van der Waals surface area contributed by atoms with E-state index in [1.54, 1.807) is 6.07 Å². The van der Waals surface area contributed by atoms with Crippen LogP contribution in [0.5, 0.6) is 11.5 Å². The van der Waals surface area contributed by atoms with Crippen molar-refractivity contribution in [2.75, 3.05) is 0 Å². The summed E-state index contributed by atoms with van der Waals surface area (Å²) in [5.74, 6) is -12.6. The van der Waals surface area contributed by atoms with Gasteiger partial charge in [-0.15, -0.1) is 0 Å². The molecule has 0 N–H and O–H groups in total. The number of hydrogen-bond donors (Lipinski definition) is 0. The van der Waals surface area contributed by atoms with Crippen molar-refractivity contribution in [3.8, 4) is 33.8 Å². The van der Waals surface area contributed by atoms with Gasteiger partial charge in [0.25, 0.3) is 0 Å². The minimum Gasteiger partial charge on any atom is -0.429 e. The highest BCUT2D eigenvalue weighted by atomic mass is 19.3. The number of rotatable bonds is 13. The SMILES string of the molecule is CCCCCC1CCC(c2ccc(-c3ccc(-c4cc(F)c(C(F)(F)Oc5cc(F)c(OC(F)(F)C(F)F)c(F)c5)c(F)c4)c(F)c3)c(F)c2)CC1. The average Bonchev–Trinajstić information content (AvgIpc) is 3.06. The molecule has 52 heavy (non-hydrogen) atoms. The van der Waals surface area contributed by atoms with Crippen LogP contribution in [0.1, 0.15) is 75.3 Å². The molecule has 0 unspecified atom stereocenters. The standard InChI is InChI=1S/C38H32F12O2/c1-2-3-4-5-20-6-8-21(9-7-20)22-10-12-26(28(39)14-22)23-11-13-27(29(40)15-23)24-16-30(41)34(31(42)17-24)37(47,48)51-25-18-32(43)35(33(44)19-25)52-38(49,50)36(45)46/h10-21,36H,2-9H2,1H3. The van der Waals surface area contributed by atoms with E-state index in [2.05, 4.69) is 16.4 Å². The lowest BCUT2D eigenvalue weighted by atomic mass is 9.77. The van der Waals surface area contributed by atoms with Crippen molar-refractivity contribution in [3.05, 3.63) is 107 Å². The Morgan fingerprint density at radius 2 is 1.19 bits per heavy atom. The van der Waals surface area contributed by atoms with Crippen molar-refractivity contribution >= 4 is 0 Å². The summed E-state index contributed by atoms with van der Waals surface area (Å²) in [4.78, 5) is 0. The molecule has 280 valence electrons. The van der Waals surface area contributed by atoms with Gasteiger partial charge in [-0.25, -0.2) is 26.3 Å². The van der Waals surface area contributed by atoms with Crippen LogP contribution in [0.4, 0.5) is 52.7 Å². The monoisotopic (exact) mass is 748 g/mol. The molecule has 2 nitrogen and oxygen atoms in total. The number of hydrogen-bond acceptors (Lipinski definition) is 2. The smallest absolute Gasteiger partial charge is 0.429 e. The molecule has 0 heterocycles. The van der Waals surface area contributed by atoms with E-state index in [4.69, 9.17) is 0 Å². The first-order chi connectivity index (χ1) is 24.5. The highest BCUT2D eigenvalue weighted by Gasteiger charge is 2.46. The van der Waals surface area contributed by atoms with Crippen molar-refractivity contribution in [2.24, 2.45) is 5.92 Å². The lowest BCUT2D eigenvalue weighted by molar-refractivity contribution is -0.255. The number of ether oxygens (including phenoxy) is 2. The van der Waals surface area contributed by atoms with Gasteiger partial charge in [0, 0.05) is 23.3 Å². The molecular weight excluding hydrogens is 716 g/mol. The Balaban J connectivity index is 1.31. The van der Waals surface area contributed by atoms with E-state index in [0.717, 1.165) is 49.8 Å². The van der Waals surface area contributed by atoms with E-state index in [0.29, 0.717) is 18.1 Å². The van der Waals surface area contributed by atoms with Gasteiger partial charge >= 0.3 is 18.6 Å². The summed E-state index contributed by atoms with van der Waals surface area (Å²) in [6.07, 6.45) is -6.06. The van der Waals surface area contributed by atoms with Crippen molar-refractivity contribution in [1.82, 2.24) is 0 Å². The molecule has 0 atom stereocenters. The molecule has 0 aromatic heterocycles. The van der Waals surface area contributed by atoms with Gasteiger partial charge in [-0.2, -0.15) is 26.3 Å². The fourth-order valence-corrected chi connectivity index (χ4v) is 6.48. The fourth-order valence-electron chi connectivity index (χ4n) is 6.48. The van der Waals surface area contributed by atoms with Gasteiger partial charge in [0.15, 0.2) is 17.4 Å². The molecule has 0 aliphatic heterocycles. The first kappa shape index (κ1) is 38.9. The third kappa shape index (κ3) is 8.63. The van der Waals surface area contributed by atoms with E-state index in [-0.39, 0.29) is 29.2 Å². The first-order valence-corrected chi connectivity index (χ1v) is 16.5. The maximum Gasteiger partial charge on any atom is 0.461 e. The molecule has 0 amide bonds. The Morgan fingerprint density at radius 1 is 0.635 bits per heavy atom. The number of alkyl halides is 6.